The zero-order valence-corrected chi connectivity index (χ0v) is 21.6. The lowest BCUT2D eigenvalue weighted by molar-refractivity contribution is 0.124. The molecule has 6 nitrogen and oxygen atoms in total. The summed E-state index contributed by atoms with van der Waals surface area (Å²) in [5.41, 5.74) is 0.920. The molecule has 0 aliphatic carbocycles. The number of nitrogens with zero attached hydrogens (tertiary/aromatic N) is 4. The molecule has 2 unspecified atom stereocenters. The molecule has 2 saturated heterocycles. The van der Waals surface area contributed by atoms with Crippen molar-refractivity contribution < 1.29 is 5.11 Å². The zero-order chi connectivity index (χ0) is 20.9. The summed E-state index contributed by atoms with van der Waals surface area (Å²) in [6, 6.07) is 12.5. The molecular weight excluding hydrogens is 521 g/mol. The van der Waals surface area contributed by atoms with E-state index in [2.05, 4.69) is 49.6 Å². The molecule has 2 aliphatic heterocycles. The van der Waals surface area contributed by atoms with Crippen molar-refractivity contribution in [3.05, 3.63) is 46.7 Å². The van der Waals surface area contributed by atoms with Gasteiger partial charge in [0, 0.05) is 50.7 Å². The summed E-state index contributed by atoms with van der Waals surface area (Å²) in [7, 11) is 4.13. The van der Waals surface area contributed by atoms with Crippen LogP contribution in [0.2, 0.25) is 0 Å². The van der Waals surface area contributed by atoms with Gasteiger partial charge in [-0.05, 0) is 55.9 Å². The van der Waals surface area contributed by atoms with Crippen molar-refractivity contribution in [3.63, 3.8) is 0 Å². The van der Waals surface area contributed by atoms with Gasteiger partial charge in [0.05, 0.1) is 5.69 Å². The summed E-state index contributed by atoms with van der Waals surface area (Å²) < 4.78 is 0. The maximum absolute atomic E-state index is 10.1. The molecule has 1 aromatic heterocycles. The molecule has 0 radical (unpaired) electrons. The fourth-order valence-electron chi connectivity index (χ4n) is 4.83. The first-order valence-corrected chi connectivity index (χ1v) is 11.8. The van der Waals surface area contributed by atoms with Gasteiger partial charge in [0.25, 0.3) is 0 Å². The highest BCUT2D eigenvalue weighted by Crippen LogP contribution is 2.36. The summed E-state index contributed by atoms with van der Waals surface area (Å²) in [5, 5.41) is 16.0. The number of piperazine rings is 1. The van der Waals surface area contributed by atoms with Gasteiger partial charge in [-0.2, -0.15) is 0 Å². The van der Waals surface area contributed by atoms with Gasteiger partial charge in [-0.3, -0.25) is 9.89 Å². The topological polar surface area (TPSA) is 54.3 Å². The second-order valence-corrected chi connectivity index (χ2v) is 9.21. The molecule has 2 aromatic rings. The molecule has 1 aromatic carbocycles. The smallest absolute Gasteiger partial charge is 0.193 e. The predicted molar refractivity (Wildman–Crippen MR) is 141 cm³/mol. The Morgan fingerprint density at radius 1 is 1.13 bits per heavy atom. The van der Waals surface area contributed by atoms with E-state index in [0.29, 0.717) is 17.7 Å². The highest BCUT2D eigenvalue weighted by molar-refractivity contribution is 14.0. The number of hydrogen-bond acceptors (Lipinski definition) is 5. The second-order valence-electron chi connectivity index (χ2n) is 8.23. The lowest BCUT2D eigenvalue weighted by atomic mass is 9.88. The minimum Gasteiger partial charge on any atom is -0.506 e. The maximum atomic E-state index is 10.1. The van der Waals surface area contributed by atoms with Crippen LogP contribution in [-0.4, -0.2) is 74.2 Å². The number of para-hydroxylation sites is 2. The fraction of sp³-hybridized carbons (Fsp3) is 0.522. The molecule has 0 spiro atoms. The third-order valence-electron chi connectivity index (χ3n) is 6.38. The number of piperidine rings is 1. The predicted octanol–water partition coefficient (Wildman–Crippen LogP) is 3.85. The Balaban J connectivity index is 0.00000272. The quantitative estimate of drug-likeness (QED) is 0.341. The number of phenols is 1. The lowest BCUT2D eigenvalue weighted by Crippen LogP contribution is -2.53. The number of aromatic hydroxyl groups is 1. The molecule has 0 bridgehead atoms. The molecule has 3 heterocycles. The van der Waals surface area contributed by atoms with E-state index >= 15 is 0 Å². The van der Waals surface area contributed by atoms with Crippen molar-refractivity contribution in [1.82, 2.24) is 15.1 Å². The minimum atomic E-state index is 0. The standard InChI is InChI=1S/C23H33N5OS.HI/c1-24-23(28-14-12-27(13-15-28)19-8-3-4-9-20(19)29)25-17-18-7-5-11-26(2)22(18)21-10-6-16-30-21;/h3-4,6,8-10,16,18,22,29H,5,7,11-15,17H2,1-2H3,(H,24,25);1H. The van der Waals surface area contributed by atoms with E-state index in [1.165, 1.54) is 24.3 Å². The van der Waals surface area contributed by atoms with Crippen LogP contribution in [-0.2, 0) is 0 Å². The fourth-order valence-corrected chi connectivity index (χ4v) is 5.81. The van der Waals surface area contributed by atoms with Gasteiger partial charge >= 0.3 is 0 Å². The van der Waals surface area contributed by atoms with Crippen molar-refractivity contribution in [2.75, 3.05) is 58.3 Å². The van der Waals surface area contributed by atoms with Crippen molar-refractivity contribution in [3.8, 4) is 5.75 Å². The van der Waals surface area contributed by atoms with Gasteiger partial charge < -0.3 is 20.2 Å². The van der Waals surface area contributed by atoms with Crippen LogP contribution in [0.1, 0.15) is 23.8 Å². The highest BCUT2D eigenvalue weighted by atomic mass is 127. The normalized spacial score (nSPS) is 22.8. The van der Waals surface area contributed by atoms with Gasteiger partial charge in [0.1, 0.15) is 5.75 Å². The summed E-state index contributed by atoms with van der Waals surface area (Å²) in [5.74, 6) is 1.93. The van der Waals surface area contributed by atoms with Crippen LogP contribution in [0.25, 0.3) is 0 Å². The number of guanidine groups is 1. The Hall–Kier alpha value is -1.52. The molecular formula is C23H34IN5OS. The Kier molecular flexibility index (Phi) is 8.85. The largest absolute Gasteiger partial charge is 0.506 e. The van der Waals surface area contributed by atoms with Crippen molar-refractivity contribution in [2.24, 2.45) is 10.9 Å². The van der Waals surface area contributed by atoms with Crippen molar-refractivity contribution >= 4 is 47.0 Å². The van der Waals surface area contributed by atoms with E-state index in [1.54, 1.807) is 6.07 Å². The number of halogens is 1. The Labute approximate surface area is 207 Å². The number of rotatable bonds is 4. The van der Waals surface area contributed by atoms with Gasteiger partial charge in [0.2, 0.25) is 0 Å². The number of hydrogen-bond donors (Lipinski definition) is 2. The first-order chi connectivity index (χ1) is 14.7. The number of aliphatic imine (C=N–C) groups is 1. The number of likely N-dealkylation sites (tertiary alicyclic amines) is 1. The van der Waals surface area contributed by atoms with Gasteiger partial charge in [-0.25, -0.2) is 0 Å². The molecule has 31 heavy (non-hydrogen) atoms. The summed E-state index contributed by atoms with van der Waals surface area (Å²) in [4.78, 5) is 13.1. The van der Waals surface area contributed by atoms with Crippen molar-refractivity contribution in [2.45, 2.75) is 18.9 Å². The van der Waals surface area contributed by atoms with E-state index < -0.39 is 0 Å². The van der Waals surface area contributed by atoms with E-state index in [-0.39, 0.29) is 24.0 Å². The minimum absolute atomic E-state index is 0. The molecule has 2 atom stereocenters. The van der Waals surface area contributed by atoms with Crippen LogP contribution in [0.5, 0.6) is 5.75 Å². The van der Waals surface area contributed by atoms with E-state index in [4.69, 9.17) is 0 Å². The molecule has 4 rings (SSSR count). The first kappa shape index (κ1) is 24.1. The van der Waals surface area contributed by atoms with E-state index in [1.807, 2.05) is 36.6 Å². The number of nitrogens with one attached hydrogen (secondary N) is 1. The number of benzene rings is 1. The monoisotopic (exact) mass is 555 g/mol. The molecule has 0 amide bonds. The highest BCUT2D eigenvalue weighted by Gasteiger charge is 2.31. The summed E-state index contributed by atoms with van der Waals surface area (Å²) in [6.45, 7) is 5.66. The van der Waals surface area contributed by atoms with Crippen molar-refractivity contribution in [1.29, 1.82) is 0 Å². The number of anilines is 1. The van der Waals surface area contributed by atoms with Gasteiger partial charge in [-0.1, -0.05) is 18.2 Å². The molecule has 0 saturated carbocycles. The maximum Gasteiger partial charge on any atom is 0.193 e. The third kappa shape index (κ3) is 5.64. The van der Waals surface area contributed by atoms with Crippen LogP contribution >= 0.6 is 35.3 Å². The van der Waals surface area contributed by atoms with Crippen LogP contribution in [0.3, 0.4) is 0 Å². The molecule has 2 fully saturated rings. The average Bonchev–Trinajstić information content (AvgIpc) is 3.29. The lowest BCUT2D eigenvalue weighted by Gasteiger charge is -2.41. The molecule has 2 aliphatic rings. The Bertz CT molecular complexity index is 838. The summed E-state index contributed by atoms with van der Waals surface area (Å²) >= 11 is 1.87. The SMILES string of the molecule is CN=C(NCC1CCCN(C)C1c1cccs1)N1CCN(c2ccccc2O)CC1.I. The zero-order valence-electron chi connectivity index (χ0n) is 18.4. The Morgan fingerprint density at radius 3 is 2.58 bits per heavy atom. The third-order valence-corrected chi connectivity index (χ3v) is 7.32. The Morgan fingerprint density at radius 2 is 1.90 bits per heavy atom. The number of thiophene rings is 1. The van der Waals surface area contributed by atoms with Crippen LogP contribution in [0.15, 0.2) is 46.8 Å². The van der Waals surface area contributed by atoms with E-state index in [0.717, 1.165) is 44.4 Å². The van der Waals surface area contributed by atoms with Gasteiger partial charge in [-0.15, -0.1) is 35.3 Å². The van der Waals surface area contributed by atoms with Crippen LogP contribution < -0.4 is 10.2 Å². The number of phenolic OH excluding ortho intramolecular Hbond substituents is 1. The van der Waals surface area contributed by atoms with Gasteiger partial charge in [0.15, 0.2) is 5.96 Å². The first-order valence-electron chi connectivity index (χ1n) is 10.9. The van der Waals surface area contributed by atoms with E-state index in [9.17, 15) is 5.11 Å². The van der Waals surface area contributed by atoms with Crippen LogP contribution in [0.4, 0.5) is 5.69 Å². The molecule has 170 valence electrons. The summed E-state index contributed by atoms with van der Waals surface area (Å²) in [6.07, 6.45) is 2.50. The molecule has 2 N–H and O–H groups in total. The second kappa shape index (κ2) is 11.4. The molecule has 8 heteroatoms. The average molecular weight is 556 g/mol. The van der Waals surface area contributed by atoms with Crippen LogP contribution in [0, 0.1) is 5.92 Å².